The Balaban J connectivity index is 2.07. The maximum absolute atomic E-state index is 12.3. The van der Waals surface area contributed by atoms with Crippen molar-refractivity contribution in [2.75, 3.05) is 20.6 Å². The number of aryl methyl sites for hydroxylation is 1. The fourth-order valence-corrected chi connectivity index (χ4v) is 2.50. The lowest BCUT2D eigenvalue weighted by Gasteiger charge is -2.20. The summed E-state index contributed by atoms with van der Waals surface area (Å²) in [6.45, 7) is 2.88. The molecule has 0 heterocycles. The molecule has 0 aliphatic rings. The summed E-state index contributed by atoms with van der Waals surface area (Å²) in [5.41, 5.74) is 3.36. The SMILES string of the molecule is Cc1ccccc1/C=C/C(=O)N[C@H](C[NH+](C)C)c1ccccc1. The third kappa shape index (κ3) is 5.38. The van der Waals surface area contributed by atoms with Crippen LogP contribution in [0.15, 0.2) is 60.7 Å². The van der Waals surface area contributed by atoms with Crippen molar-refractivity contribution in [2.45, 2.75) is 13.0 Å². The molecule has 0 radical (unpaired) electrons. The molecule has 0 aromatic heterocycles. The van der Waals surface area contributed by atoms with Gasteiger partial charge >= 0.3 is 0 Å². The third-order valence-corrected chi connectivity index (χ3v) is 3.73. The number of amides is 1. The molecule has 2 N–H and O–H groups in total. The van der Waals surface area contributed by atoms with E-state index in [0.717, 1.165) is 23.2 Å². The van der Waals surface area contributed by atoms with Gasteiger partial charge in [-0.3, -0.25) is 4.79 Å². The van der Waals surface area contributed by atoms with Crippen LogP contribution in [0.5, 0.6) is 0 Å². The number of quaternary nitrogens is 1. The van der Waals surface area contributed by atoms with Gasteiger partial charge in [-0.05, 0) is 29.7 Å². The minimum atomic E-state index is -0.0663. The molecule has 0 saturated heterocycles. The number of rotatable bonds is 6. The van der Waals surface area contributed by atoms with Crippen LogP contribution in [0.4, 0.5) is 0 Å². The van der Waals surface area contributed by atoms with Crippen molar-refractivity contribution in [1.29, 1.82) is 0 Å². The van der Waals surface area contributed by atoms with Gasteiger partial charge in [-0.2, -0.15) is 0 Å². The molecule has 3 nitrogen and oxygen atoms in total. The molecule has 2 aromatic rings. The van der Waals surface area contributed by atoms with E-state index in [1.807, 2.05) is 55.5 Å². The molecule has 0 saturated carbocycles. The van der Waals surface area contributed by atoms with Crippen molar-refractivity contribution in [3.63, 3.8) is 0 Å². The zero-order valence-electron chi connectivity index (χ0n) is 14.0. The van der Waals surface area contributed by atoms with Crippen molar-refractivity contribution in [3.8, 4) is 0 Å². The van der Waals surface area contributed by atoms with E-state index in [1.165, 1.54) is 4.90 Å². The number of carbonyl (C=O) groups excluding carboxylic acids is 1. The highest BCUT2D eigenvalue weighted by Crippen LogP contribution is 2.12. The number of likely N-dealkylation sites (N-methyl/N-ethyl adjacent to an activating group) is 1. The first-order valence-electron chi connectivity index (χ1n) is 7.94. The Labute approximate surface area is 138 Å². The average molecular weight is 309 g/mol. The van der Waals surface area contributed by atoms with E-state index in [9.17, 15) is 4.79 Å². The normalized spacial score (nSPS) is 12.5. The highest BCUT2D eigenvalue weighted by atomic mass is 16.1. The van der Waals surface area contributed by atoms with Crippen molar-refractivity contribution >= 4 is 12.0 Å². The monoisotopic (exact) mass is 309 g/mol. The molecule has 1 amide bonds. The summed E-state index contributed by atoms with van der Waals surface area (Å²) in [6.07, 6.45) is 3.48. The molecule has 0 aliphatic heterocycles. The van der Waals surface area contributed by atoms with Crippen LogP contribution in [-0.2, 0) is 4.79 Å². The van der Waals surface area contributed by atoms with E-state index >= 15 is 0 Å². The largest absolute Gasteiger partial charge is 0.340 e. The molecule has 2 aromatic carbocycles. The zero-order chi connectivity index (χ0) is 16.7. The van der Waals surface area contributed by atoms with Gasteiger partial charge in [-0.1, -0.05) is 54.6 Å². The molecule has 120 valence electrons. The van der Waals surface area contributed by atoms with Crippen LogP contribution in [0, 0.1) is 6.92 Å². The molecule has 0 spiro atoms. The number of hydrogen-bond acceptors (Lipinski definition) is 1. The van der Waals surface area contributed by atoms with Crippen molar-refractivity contribution < 1.29 is 9.69 Å². The Hall–Kier alpha value is -2.39. The second-order valence-electron chi connectivity index (χ2n) is 6.07. The second kappa shape index (κ2) is 8.30. The number of hydrogen-bond donors (Lipinski definition) is 2. The molecule has 0 bridgehead atoms. The molecule has 23 heavy (non-hydrogen) atoms. The highest BCUT2D eigenvalue weighted by molar-refractivity contribution is 5.92. The molecule has 0 fully saturated rings. The molecular formula is C20H25N2O+. The van der Waals surface area contributed by atoms with Crippen LogP contribution in [0.3, 0.4) is 0 Å². The van der Waals surface area contributed by atoms with Gasteiger partial charge in [0.15, 0.2) is 0 Å². The van der Waals surface area contributed by atoms with E-state index in [-0.39, 0.29) is 11.9 Å². The summed E-state index contributed by atoms with van der Waals surface area (Å²) in [6, 6.07) is 18.1. The maximum Gasteiger partial charge on any atom is 0.244 e. The van der Waals surface area contributed by atoms with Gasteiger partial charge in [0, 0.05) is 6.08 Å². The lowest BCUT2D eigenvalue weighted by Crippen LogP contribution is -3.06. The Morgan fingerprint density at radius 1 is 1.09 bits per heavy atom. The summed E-state index contributed by atoms with van der Waals surface area (Å²) < 4.78 is 0. The third-order valence-electron chi connectivity index (χ3n) is 3.73. The van der Waals surface area contributed by atoms with Crippen LogP contribution >= 0.6 is 0 Å². The lowest BCUT2D eigenvalue weighted by atomic mass is 10.1. The van der Waals surface area contributed by atoms with Gasteiger partial charge in [0.1, 0.15) is 12.6 Å². The number of carbonyl (C=O) groups is 1. The Kier molecular flexibility index (Phi) is 6.12. The van der Waals surface area contributed by atoms with E-state index in [4.69, 9.17) is 0 Å². The molecule has 3 heteroatoms. The first kappa shape index (κ1) is 17.0. The summed E-state index contributed by atoms with van der Waals surface area (Å²) in [4.78, 5) is 13.6. The van der Waals surface area contributed by atoms with Gasteiger partial charge in [-0.25, -0.2) is 0 Å². The summed E-state index contributed by atoms with van der Waals surface area (Å²) >= 11 is 0. The van der Waals surface area contributed by atoms with Crippen molar-refractivity contribution in [2.24, 2.45) is 0 Å². The Morgan fingerprint density at radius 3 is 2.39 bits per heavy atom. The van der Waals surface area contributed by atoms with Crippen molar-refractivity contribution in [3.05, 3.63) is 77.4 Å². The zero-order valence-corrected chi connectivity index (χ0v) is 14.0. The van der Waals surface area contributed by atoms with E-state index < -0.39 is 0 Å². The average Bonchev–Trinajstić information content (AvgIpc) is 2.54. The number of nitrogens with one attached hydrogen (secondary N) is 2. The summed E-state index contributed by atoms with van der Waals surface area (Å²) in [7, 11) is 4.18. The van der Waals surface area contributed by atoms with Gasteiger partial charge < -0.3 is 10.2 Å². The van der Waals surface area contributed by atoms with Gasteiger partial charge in [0.2, 0.25) is 5.91 Å². The minimum Gasteiger partial charge on any atom is -0.340 e. The van der Waals surface area contributed by atoms with E-state index in [1.54, 1.807) is 6.08 Å². The van der Waals surface area contributed by atoms with E-state index in [2.05, 4.69) is 31.5 Å². The highest BCUT2D eigenvalue weighted by Gasteiger charge is 2.16. The summed E-state index contributed by atoms with van der Waals surface area (Å²) in [5.74, 6) is -0.0663. The minimum absolute atomic E-state index is 0.00946. The van der Waals surface area contributed by atoms with Crippen LogP contribution in [0.2, 0.25) is 0 Å². The van der Waals surface area contributed by atoms with Crippen molar-refractivity contribution in [1.82, 2.24) is 5.32 Å². The van der Waals surface area contributed by atoms with Gasteiger partial charge in [0.05, 0.1) is 14.1 Å². The lowest BCUT2D eigenvalue weighted by molar-refractivity contribution is -0.860. The van der Waals surface area contributed by atoms with Crippen LogP contribution in [0.1, 0.15) is 22.7 Å². The smallest absolute Gasteiger partial charge is 0.244 e. The molecular weight excluding hydrogens is 284 g/mol. The summed E-state index contributed by atoms with van der Waals surface area (Å²) in [5, 5.41) is 3.11. The quantitative estimate of drug-likeness (QED) is 0.786. The van der Waals surface area contributed by atoms with E-state index in [0.29, 0.717) is 0 Å². The molecule has 0 unspecified atom stereocenters. The van der Waals surface area contributed by atoms with Crippen LogP contribution in [-0.4, -0.2) is 26.5 Å². The van der Waals surface area contributed by atoms with Crippen LogP contribution in [0.25, 0.3) is 6.08 Å². The first-order chi connectivity index (χ1) is 11.1. The second-order valence-corrected chi connectivity index (χ2v) is 6.07. The first-order valence-corrected chi connectivity index (χ1v) is 7.94. The fraction of sp³-hybridized carbons (Fsp3) is 0.250. The predicted molar refractivity (Wildman–Crippen MR) is 95.2 cm³/mol. The molecule has 2 rings (SSSR count). The molecule has 1 atom stereocenters. The fourth-order valence-electron chi connectivity index (χ4n) is 2.50. The van der Waals surface area contributed by atoms with Crippen LogP contribution < -0.4 is 10.2 Å². The maximum atomic E-state index is 12.3. The topological polar surface area (TPSA) is 33.5 Å². The van der Waals surface area contributed by atoms with Gasteiger partial charge in [0.25, 0.3) is 0 Å². The van der Waals surface area contributed by atoms with Gasteiger partial charge in [-0.15, -0.1) is 0 Å². The predicted octanol–water partition coefficient (Wildman–Crippen LogP) is 2.01. The molecule has 0 aliphatic carbocycles. The Bertz CT molecular complexity index is 662. The number of benzene rings is 2. The standard InChI is InChI=1S/C20H24N2O/c1-16-9-7-8-10-17(16)13-14-20(23)21-19(15-22(2)3)18-11-5-4-6-12-18/h4-14,19H,15H2,1-3H3,(H,21,23)/p+1/b14-13+/t19-/m1/s1. The Morgan fingerprint density at radius 2 is 1.74 bits per heavy atom.